The van der Waals surface area contributed by atoms with Crippen LogP contribution in [-0.2, 0) is 14.3 Å². The van der Waals surface area contributed by atoms with Crippen LogP contribution >= 0.6 is 11.8 Å². The molecule has 2 rings (SSSR count). The number of methoxy groups -OCH3 is 1. The van der Waals surface area contributed by atoms with E-state index in [1.165, 1.54) is 24.3 Å². The van der Waals surface area contributed by atoms with E-state index >= 15 is 0 Å². The zero-order valence-corrected chi connectivity index (χ0v) is 12.2. The first-order valence-electron chi connectivity index (χ1n) is 5.99. The van der Waals surface area contributed by atoms with Crippen LogP contribution in [0.25, 0.3) is 6.08 Å². The van der Waals surface area contributed by atoms with Gasteiger partial charge in [-0.2, -0.15) is 0 Å². The molecule has 1 aromatic carbocycles. The Morgan fingerprint density at radius 2 is 2.09 bits per heavy atom. The molecule has 0 radical (unpaired) electrons. The summed E-state index contributed by atoms with van der Waals surface area (Å²) >= 11 is 0.618. The molecule has 2 amide bonds. The highest BCUT2D eigenvalue weighted by molar-refractivity contribution is 8.18. The Balaban J connectivity index is 2.31. The normalized spacial score (nSPS) is 16.2. The van der Waals surface area contributed by atoms with Crippen molar-refractivity contribution in [2.45, 2.75) is 0 Å². The fraction of sp³-hybridized carbons (Fsp3) is 0.154. The molecule has 9 heteroatoms. The standard InChI is InChI=1S/C13H10N2O6S/c1-21-11(16)7-14-12(17)10(22-13(14)18)6-8-4-2-3-5-9(8)15(19)20/h2-6H,7H2,1H3/b10-6-. The van der Waals surface area contributed by atoms with E-state index in [9.17, 15) is 24.5 Å². The van der Waals surface area contributed by atoms with Gasteiger partial charge in [-0.1, -0.05) is 12.1 Å². The summed E-state index contributed by atoms with van der Waals surface area (Å²) in [6.45, 7) is -0.491. The number of thioether (sulfide) groups is 1. The number of nitro groups is 1. The predicted molar refractivity (Wildman–Crippen MR) is 77.8 cm³/mol. The van der Waals surface area contributed by atoms with Gasteiger partial charge in [-0.15, -0.1) is 0 Å². The van der Waals surface area contributed by atoms with Crippen molar-refractivity contribution in [2.24, 2.45) is 0 Å². The average Bonchev–Trinajstić information content (AvgIpc) is 2.75. The van der Waals surface area contributed by atoms with Crippen molar-refractivity contribution in [2.75, 3.05) is 13.7 Å². The molecule has 1 aliphatic rings. The highest BCUT2D eigenvalue weighted by Crippen LogP contribution is 2.33. The van der Waals surface area contributed by atoms with Crippen LogP contribution in [0.2, 0.25) is 0 Å². The molecule has 1 aromatic rings. The van der Waals surface area contributed by atoms with Crippen LogP contribution in [0.15, 0.2) is 29.2 Å². The van der Waals surface area contributed by atoms with E-state index in [0.717, 1.165) is 12.0 Å². The van der Waals surface area contributed by atoms with E-state index < -0.39 is 28.6 Å². The number of nitrogens with zero attached hydrogens (tertiary/aromatic N) is 2. The lowest BCUT2D eigenvalue weighted by molar-refractivity contribution is -0.385. The van der Waals surface area contributed by atoms with Crippen molar-refractivity contribution in [3.8, 4) is 0 Å². The van der Waals surface area contributed by atoms with Crippen molar-refractivity contribution in [1.29, 1.82) is 0 Å². The molecule has 0 unspecified atom stereocenters. The van der Waals surface area contributed by atoms with Crippen molar-refractivity contribution >= 4 is 40.6 Å². The summed E-state index contributed by atoms with van der Waals surface area (Å²) in [4.78, 5) is 46.1. The van der Waals surface area contributed by atoms with Gasteiger partial charge in [0, 0.05) is 6.07 Å². The summed E-state index contributed by atoms with van der Waals surface area (Å²) in [5.74, 6) is -1.41. The second kappa shape index (κ2) is 6.39. The number of carbonyl (C=O) groups excluding carboxylic acids is 3. The zero-order chi connectivity index (χ0) is 16.3. The second-order valence-electron chi connectivity index (χ2n) is 4.16. The zero-order valence-electron chi connectivity index (χ0n) is 11.3. The average molecular weight is 322 g/mol. The molecule has 22 heavy (non-hydrogen) atoms. The fourth-order valence-electron chi connectivity index (χ4n) is 1.75. The van der Waals surface area contributed by atoms with E-state index in [1.807, 2.05) is 0 Å². The van der Waals surface area contributed by atoms with Crippen LogP contribution in [0.1, 0.15) is 5.56 Å². The summed E-state index contributed by atoms with van der Waals surface area (Å²) in [5, 5.41) is 10.3. The summed E-state index contributed by atoms with van der Waals surface area (Å²) < 4.78 is 4.41. The molecule has 8 nitrogen and oxygen atoms in total. The SMILES string of the molecule is COC(=O)CN1C(=O)S/C(=C\c2ccccc2[N+](=O)[O-])C1=O. The van der Waals surface area contributed by atoms with Crippen LogP contribution < -0.4 is 0 Å². The minimum absolute atomic E-state index is 0.0169. The Morgan fingerprint density at radius 3 is 2.73 bits per heavy atom. The molecule has 1 fully saturated rings. The van der Waals surface area contributed by atoms with Gasteiger partial charge in [0.15, 0.2) is 0 Å². The van der Waals surface area contributed by atoms with Gasteiger partial charge in [-0.25, -0.2) is 0 Å². The number of imide groups is 1. The number of rotatable bonds is 4. The molecule has 0 N–H and O–H groups in total. The van der Waals surface area contributed by atoms with Crippen LogP contribution in [0.4, 0.5) is 10.5 Å². The first-order valence-corrected chi connectivity index (χ1v) is 6.81. The third-order valence-electron chi connectivity index (χ3n) is 2.81. The van der Waals surface area contributed by atoms with Gasteiger partial charge >= 0.3 is 5.97 Å². The molecular formula is C13H10N2O6S. The summed E-state index contributed by atoms with van der Waals surface area (Å²) in [7, 11) is 1.14. The van der Waals surface area contributed by atoms with Gasteiger partial charge in [0.05, 0.1) is 22.5 Å². The van der Waals surface area contributed by atoms with Crippen LogP contribution in [0, 0.1) is 10.1 Å². The highest BCUT2D eigenvalue weighted by Gasteiger charge is 2.36. The van der Waals surface area contributed by atoms with Crippen molar-refractivity contribution < 1.29 is 24.0 Å². The molecule has 1 aliphatic heterocycles. The lowest BCUT2D eigenvalue weighted by atomic mass is 10.1. The number of esters is 1. The van der Waals surface area contributed by atoms with E-state index in [0.29, 0.717) is 11.8 Å². The Bertz CT molecular complexity index is 700. The van der Waals surface area contributed by atoms with Crippen LogP contribution in [0.5, 0.6) is 0 Å². The largest absolute Gasteiger partial charge is 0.468 e. The number of carbonyl (C=O) groups is 3. The van der Waals surface area contributed by atoms with Gasteiger partial charge in [-0.3, -0.25) is 29.4 Å². The van der Waals surface area contributed by atoms with Gasteiger partial charge in [0.25, 0.3) is 16.8 Å². The molecular weight excluding hydrogens is 312 g/mol. The quantitative estimate of drug-likeness (QED) is 0.360. The molecule has 0 bridgehead atoms. The van der Waals surface area contributed by atoms with E-state index in [4.69, 9.17) is 0 Å². The van der Waals surface area contributed by atoms with Crippen molar-refractivity contribution in [3.63, 3.8) is 0 Å². The lowest BCUT2D eigenvalue weighted by Gasteiger charge is -2.09. The first-order chi connectivity index (χ1) is 10.4. The maximum Gasteiger partial charge on any atom is 0.325 e. The van der Waals surface area contributed by atoms with Gasteiger partial charge in [-0.05, 0) is 23.9 Å². The third-order valence-corrected chi connectivity index (χ3v) is 3.72. The minimum atomic E-state index is -0.728. The molecule has 1 heterocycles. The number of amides is 2. The summed E-state index contributed by atoms with van der Waals surface area (Å²) in [6, 6.07) is 5.84. The number of benzene rings is 1. The van der Waals surface area contributed by atoms with Crippen molar-refractivity contribution in [1.82, 2.24) is 4.90 Å². The first kappa shape index (κ1) is 15.7. The summed E-state index contributed by atoms with van der Waals surface area (Å²) in [6.07, 6.45) is 1.26. The molecule has 0 aromatic heterocycles. The minimum Gasteiger partial charge on any atom is -0.468 e. The Kier molecular flexibility index (Phi) is 4.56. The number of ether oxygens (including phenoxy) is 1. The lowest BCUT2D eigenvalue weighted by Crippen LogP contribution is -2.34. The second-order valence-corrected chi connectivity index (χ2v) is 5.15. The molecule has 1 saturated heterocycles. The molecule has 0 saturated carbocycles. The molecule has 0 atom stereocenters. The predicted octanol–water partition coefficient (Wildman–Crippen LogP) is 1.80. The molecule has 114 valence electrons. The third kappa shape index (κ3) is 3.14. The maximum atomic E-state index is 12.1. The number of hydrogen-bond donors (Lipinski definition) is 0. The Morgan fingerprint density at radius 1 is 1.41 bits per heavy atom. The number of nitro benzene ring substituents is 1. The van der Waals surface area contributed by atoms with Crippen LogP contribution in [0.3, 0.4) is 0 Å². The Labute approximate surface area is 128 Å². The highest BCUT2D eigenvalue weighted by atomic mass is 32.2. The maximum absolute atomic E-state index is 12.1. The van der Waals surface area contributed by atoms with Gasteiger partial charge in [0.2, 0.25) is 0 Å². The van der Waals surface area contributed by atoms with Crippen molar-refractivity contribution in [3.05, 3.63) is 44.8 Å². The van der Waals surface area contributed by atoms with E-state index in [2.05, 4.69) is 4.74 Å². The topological polar surface area (TPSA) is 107 Å². The summed E-state index contributed by atoms with van der Waals surface area (Å²) in [5.41, 5.74) is 0.0262. The van der Waals surface area contributed by atoms with Crippen LogP contribution in [-0.4, -0.2) is 40.6 Å². The number of hydrogen-bond acceptors (Lipinski definition) is 7. The van der Waals surface area contributed by atoms with Gasteiger partial charge < -0.3 is 4.74 Å². The fourth-order valence-corrected chi connectivity index (χ4v) is 2.58. The van der Waals surface area contributed by atoms with E-state index in [1.54, 1.807) is 6.07 Å². The molecule has 0 aliphatic carbocycles. The molecule has 0 spiro atoms. The monoisotopic (exact) mass is 322 g/mol. The van der Waals surface area contributed by atoms with E-state index in [-0.39, 0.29) is 16.2 Å². The Hall–Kier alpha value is -2.68. The smallest absolute Gasteiger partial charge is 0.325 e. The van der Waals surface area contributed by atoms with Gasteiger partial charge in [0.1, 0.15) is 6.54 Å². The number of para-hydroxylation sites is 1.